The number of aliphatic hydroxyl groups excluding tert-OH is 1. The smallest absolute Gasteiger partial charge is 0.303 e. The minimum absolute atomic E-state index is 0.0933. The molecule has 1 amide bonds. The van der Waals surface area contributed by atoms with Crippen molar-refractivity contribution >= 4 is 11.9 Å². The Morgan fingerprint density at radius 3 is 2.23 bits per heavy atom. The molecule has 124 valence electrons. The van der Waals surface area contributed by atoms with Gasteiger partial charge in [0.2, 0.25) is 0 Å². The fraction of sp³-hybridized carbons (Fsp3) is 0.529. The minimum Gasteiger partial charge on any atom is -0.507 e. The molecule has 0 radical (unpaired) electrons. The number of carboxylic acid groups (broad SMARTS) is 1. The molecule has 0 aliphatic carbocycles. The van der Waals surface area contributed by atoms with Crippen LogP contribution in [-0.4, -0.2) is 28.6 Å². The van der Waals surface area contributed by atoms with Crippen LogP contribution in [0, 0.1) is 0 Å². The van der Waals surface area contributed by atoms with Crippen LogP contribution in [0.5, 0.6) is 0 Å². The van der Waals surface area contributed by atoms with Gasteiger partial charge in [-0.1, -0.05) is 31.9 Å². The van der Waals surface area contributed by atoms with Crippen LogP contribution in [0.2, 0.25) is 0 Å². The normalized spacial score (nSPS) is 12.1. The Hall–Kier alpha value is -2.04. The number of unbranched alkanes of at least 4 members (excludes halogenated alkanes) is 4. The van der Waals surface area contributed by atoms with Crippen LogP contribution < -0.4 is 5.32 Å². The molecule has 0 fully saturated rings. The first-order chi connectivity index (χ1) is 10.4. The van der Waals surface area contributed by atoms with Crippen molar-refractivity contribution in [2.75, 3.05) is 6.54 Å². The number of aliphatic carboxylic acids is 1. The summed E-state index contributed by atoms with van der Waals surface area (Å²) < 4.78 is 0. The third-order valence-electron chi connectivity index (χ3n) is 3.09. The maximum Gasteiger partial charge on any atom is 0.303 e. The highest BCUT2D eigenvalue weighted by molar-refractivity contribution is 5.97. The zero-order valence-electron chi connectivity index (χ0n) is 13.5. The molecule has 22 heavy (non-hydrogen) atoms. The van der Waals surface area contributed by atoms with E-state index < -0.39 is 5.97 Å². The SMILES string of the molecule is C=C(C)/C(O)=C(\C=C/C)C(=O)NCCCCCCCC(=O)O. The van der Waals surface area contributed by atoms with Crippen LogP contribution in [0.1, 0.15) is 52.4 Å². The van der Waals surface area contributed by atoms with Gasteiger partial charge in [-0.25, -0.2) is 0 Å². The summed E-state index contributed by atoms with van der Waals surface area (Å²) in [6.45, 7) is 7.57. The Bertz CT molecular complexity index is 450. The van der Waals surface area contributed by atoms with Crippen LogP contribution in [0.25, 0.3) is 0 Å². The molecule has 0 saturated heterocycles. The first-order valence-corrected chi connectivity index (χ1v) is 7.62. The van der Waals surface area contributed by atoms with E-state index in [4.69, 9.17) is 5.11 Å². The molecule has 0 unspecified atom stereocenters. The Labute approximate surface area is 132 Å². The van der Waals surface area contributed by atoms with E-state index in [1.54, 1.807) is 26.0 Å². The highest BCUT2D eigenvalue weighted by Crippen LogP contribution is 2.11. The predicted octanol–water partition coefficient (Wildman–Crippen LogP) is 3.49. The second-order valence-electron chi connectivity index (χ2n) is 5.21. The van der Waals surface area contributed by atoms with Crippen molar-refractivity contribution in [1.82, 2.24) is 5.32 Å². The summed E-state index contributed by atoms with van der Waals surface area (Å²) in [7, 11) is 0. The first kappa shape index (κ1) is 20.0. The van der Waals surface area contributed by atoms with Crippen molar-refractivity contribution < 1.29 is 19.8 Å². The van der Waals surface area contributed by atoms with Crippen molar-refractivity contribution in [2.45, 2.75) is 52.4 Å². The topological polar surface area (TPSA) is 86.6 Å². The standard InChI is InChI=1S/C17H27NO4/c1-4-10-14(16(21)13(2)3)17(22)18-12-9-7-5-6-8-11-15(19)20/h4,10,21H,2,5-9,11-12H2,1,3H3,(H,18,22)(H,19,20)/b10-4-,16-14-. The van der Waals surface area contributed by atoms with E-state index in [2.05, 4.69) is 11.9 Å². The molecule has 0 rings (SSSR count). The molecular formula is C17H27NO4. The fourth-order valence-electron chi connectivity index (χ4n) is 1.89. The third kappa shape index (κ3) is 9.00. The molecule has 3 N–H and O–H groups in total. The summed E-state index contributed by atoms with van der Waals surface area (Å²) >= 11 is 0. The lowest BCUT2D eigenvalue weighted by atomic mass is 10.1. The van der Waals surface area contributed by atoms with E-state index >= 15 is 0 Å². The lowest BCUT2D eigenvalue weighted by molar-refractivity contribution is -0.137. The van der Waals surface area contributed by atoms with Gasteiger partial charge in [-0.3, -0.25) is 9.59 Å². The summed E-state index contributed by atoms with van der Waals surface area (Å²) in [5.41, 5.74) is 0.665. The van der Waals surface area contributed by atoms with Crippen molar-refractivity contribution in [2.24, 2.45) is 0 Å². The summed E-state index contributed by atoms with van der Waals surface area (Å²) in [6, 6.07) is 0. The average molecular weight is 309 g/mol. The maximum atomic E-state index is 12.0. The number of carbonyl (C=O) groups is 2. The van der Waals surface area contributed by atoms with E-state index in [9.17, 15) is 14.7 Å². The quantitative estimate of drug-likeness (QED) is 0.236. The van der Waals surface area contributed by atoms with Gasteiger partial charge in [0.15, 0.2) is 0 Å². The first-order valence-electron chi connectivity index (χ1n) is 7.62. The Morgan fingerprint density at radius 2 is 1.68 bits per heavy atom. The second kappa shape index (κ2) is 11.6. The molecule has 0 aromatic rings. The maximum absolute atomic E-state index is 12.0. The molecule has 0 aromatic heterocycles. The van der Waals surface area contributed by atoms with Gasteiger partial charge in [-0.15, -0.1) is 0 Å². The number of rotatable bonds is 11. The van der Waals surface area contributed by atoms with Gasteiger partial charge in [0.05, 0.1) is 5.57 Å². The van der Waals surface area contributed by atoms with Gasteiger partial charge in [0, 0.05) is 13.0 Å². The van der Waals surface area contributed by atoms with Crippen molar-refractivity contribution in [3.8, 4) is 0 Å². The van der Waals surface area contributed by atoms with Gasteiger partial charge in [0.1, 0.15) is 5.76 Å². The van der Waals surface area contributed by atoms with E-state index in [1.807, 2.05) is 0 Å². The lowest BCUT2D eigenvalue weighted by Gasteiger charge is -2.08. The summed E-state index contributed by atoms with van der Waals surface area (Å²) in [5, 5.41) is 21.1. The number of hydrogen-bond donors (Lipinski definition) is 3. The number of allylic oxidation sites excluding steroid dienone is 2. The molecule has 0 bridgehead atoms. The summed E-state index contributed by atoms with van der Waals surface area (Å²) in [6.07, 6.45) is 7.78. The number of hydrogen-bond acceptors (Lipinski definition) is 3. The lowest BCUT2D eigenvalue weighted by Crippen LogP contribution is -2.26. The second-order valence-corrected chi connectivity index (χ2v) is 5.21. The van der Waals surface area contributed by atoms with Gasteiger partial charge in [0.25, 0.3) is 5.91 Å². The van der Waals surface area contributed by atoms with E-state index in [-0.39, 0.29) is 23.7 Å². The molecule has 0 aliphatic rings. The van der Waals surface area contributed by atoms with Crippen molar-refractivity contribution in [3.63, 3.8) is 0 Å². The molecule has 5 nitrogen and oxygen atoms in total. The van der Waals surface area contributed by atoms with E-state index in [1.165, 1.54) is 0 Å². The highest BCUT2D eigenvalue weighted by atomic mass is 16.4. The van der Waals surface area contributed by atoms with Gasteiger partial charge in [-0.2, -0.15) is 0 Å². The van der Waals surface area contributed by atoms with E-state index in [0.717, 1.165) is 25.7 Å². The monoisotopic (exact) mass is 309 g/mol. The van der Waals surface area contributed by atoms with Gasteiger partial charge in [-0.05, 0) is 38.3 Å². The molecule has 0 saturated carbocycles. The van der Waals surface area contributed by atoms with Crippen LogP contribution in [0.4, 0.5) is 0 Å². The molecule has 0 spiro atoms. The molecule has 0 aromatic carbocycles. The largest absolute Gasteiger partial charge is 0.507 e. The summed E-state index contributed by atoms with van der Waals surface area (Å²) in [4.78, 5) is 22.3. The van der Waals surface area contributed by atoms with Crippen LogP contribution in [-0.2, 0) is 9.59 Å². The zero-order valence-corrected chi connectivity index (χ0v) is 13.5. The zero-order chi connectivity index (χ0) is 17.0. The van der Waals surface area contributed by atoms with Crippen LogP contribution >= 0.6 is 0 Å². The Balaban J connectivity index is 4.04. The molecular weight excluding hydrogens is 282 g/mol. The summed E-state index contributed by atoms with van der Waals surface area (Å²) in [5.74, 6) is -1.17. The van der Waals surface area contributed by atoms with Crippen molar-refractivity contribution in [3.05, 3.63) is 35.6 Å². The van der Waals surface area contributed by atoms with Gasteiger partial charge < -0.3 is 15.5 Å². The number of carboxylic acids is 1. The van der Waals surface area contributed by atoms with Crippen LogP contribution in [0.15, 0.2) is 35.6 Å². The Kier molecular flexibility index (Phi) is 10.5. The third-order valence-corrected chi connectivity index (χ3v) is 3.09. The Morgan fingerprint density at radius 1 is 1.09 bits per heavy atom. The van der Waals surface area contributed by atoms with Crippen LogP contribution in [0.3, 0.4) is 0 Å². The number of amides is 1. The highest BCUT2D eigenvalue weighted by Gasteiger charge is 2.12. The number of carbonyl (C=O) groups excluding carboxylic acids is 1. The molecule has 0 heterocycles. The molecule has 0 atom stereocenters. The van der Waals surface area contributed by atoms with Crippen molar-refractivity contribution in [1.29, 1.82) is 0 Å². The molecule has 5 heteroatoms. The minimum atomic E-state index is -0.757. The predicted molar refractivity (Wildman–Crippen MR) is 87.6 cm³/mol. The number of nitrogens with one attached hydrogen (secondary N) is 1. The average Bonchev–Trinajstić information content (AvgIpc) is 2.46. The van der Waals surface area contributed by atoms with Gasteiger partial charge >= 0.3 is 5.97 Å². The fourth-order valence-corrected chi connectivity index (χ4v) is 1.89. The molecule has 0 aliphatic heterocycles. The number of aliphatic hydroxyl groups is 1. The van der Waals surface area contributed by atoms with E-state index in [0.29, 0.717) is 18.5 Å².